The van der Waals surface area contributed by atoms with E-state index in [-0.39, 0.29) is 38.0 Å². The number of halogens is 1. The maximum Gasteiger partial charge on any atom is 0.410 e. The average Bonchev–Trinajstić information content (AvgIpc) is 3.27. The molecule has 3 aromatic rings. The molecule has 0 spiro atoms. The number of nitrogens with zero attached hydrogens (tertiary/aromatic N) is 1. The van der Waals surface area contributed by atoms with E-state index in [1.807, 2.05) is 66.7 Å². The first kappa shape index (κ1) is 23.0. The molecule has 2 atom stereocenters. The van der Waals surface area contributed by atoms with E-state index >= 15 is 0 Å². The summed E-state index contributed by atoms with van der Waals surface area (Å²) < 4.78 is 5.41. The highest BCUT2D eigenvalue weighted by molar-refractivity contribution is 6.30. The molecule has 0 saturated carbocycles. The van der Waals surface area contributed by atoms with Gasteiger partial charge in [-0.2, -0.15) is 0 Å². The van der Waals surface area contributed by atoms with Crippen LogP contribution in [0.3, 0.4) is 0 Å². The fourth-order valence-corrected chi connectivity index (χ4v) is 4.20. The van der Waals surface area contributed by atoms with Crippen LogP contribution in [0.25, 0.3) is 11.1 Å². The molecule has 1 fully saturated rings. The zero-order chi connectivity index (χ0) is 23.2. The second-order valence-corrected chi connectivity index (χ2v) is 8.49. The van der Waals surface area contributed by atoms with Crippen molar-refractivity contribution in [2.45, 2.75) is 6.61 Å². The Morgan fingerprint density at radius 2 is 1.55 bits per heavy atom. The Balaban J connectivity index is 1.43. The Labute approximate surface area is 197 Å². The highest BCUT2D eigenvalue weighted by Crippen LogP contribution is 2.29. The van der Waals surface area contributed by atoms with Gasteiger partial charge in [0.15, 0.2) is 5.78 Å². The Morgan fingerprint density at radius 3 is 2.18 bits per heavy atom. The second-order valence-electron chi connectivity index (χ2n) is 8.06. The predicted octanol–water partition coefficient (Wildman–Crippen LogP) is 5.56. The molecule has 170 valence electrons. The van der Waals surface area contributed by atoms with E-state index in [0.29, 0.717) is 10.6 Å². The molecule has 3 aromatic carbocycles. The molecule has 7 heteroatoms. The van der Waals surface area contributed by atoms with Crippen LogP contribution < -0.4 is 0 Å². The number of rotatable bonds is 7. The first-order valence-electron chi connectivity index (χ1n) is 10.7. The van der Waals surface area contributed by atoms with Gasteiger partial charge in [0.25, 0.3) is 0 Å². The van der Waals surface area contributed by atoms with Crippen LogP contribution in [0.1, 0.15) is 15.9 Å². The number of carbonyl (C=O) groups excluding carboxylic acids is 2. The largest absolute Gasteiger partial charge is 0.445 e. The molecule has 0 radical (unpaired) electrons. The summed E-state index contributed by atoms with van der Waals surface area (Å²) in [5, 5.41) is 9.66. The third-order valence-electron chi connectivity index (χ3n) is 5.88. The lowest BCUT2D eigenvalue weighted by molar-refractivity contribution is -0.251. The minimum absolute atomic E-state index is 0.0400. The topological polar surface area (TPSA) is 76.1 Å². The van der Waals surface area contributed by atoms with Gasteiger partial charge in [0.2, 0.25) is 0 Å². The van der Waals surface area contributed by atoms with Crippen LogP contribution in [-0.4, -0.2) is 41.7 Å². The molecular formula is C26H24ClNO5. The van der Waals surface area contributed by atoms with Crippen LogP contribution in [-0.2, 0) is 16.2 Å². The number of amides is 1. The summed E-state index contributed by atoms with van der Waals surface area (Å²) in [6.07, 6.45) is -0.491. The highest BCUT2D eigenvalue weighted by atomic mass is 35.5. The van der Waals surface area contributed by atoms with Crippen LogP contribution in [0.15, 0.2) is 78.9 Å². The molecule has 4 rings (SSSR count). The minimum Gasteiger partial charge on any atom is -0.445 e. The Morgan fingerprint density at radius 1 is 0.909 bits per heavy atom. The zero-order valence-corrected chi connectivity index (χ0v) is 18.6. The molecular weight excluding hydrogens is 442 g/mol. The molecule has 1 unspecified atom stereocenters. The van der Waals surface area contributed by atoms with Crippen molar-refractivity contribution in [1.29, 1.82) is 0 Å². The van der Waals surface area contributed by atoms with Crippen molar-refractivity contribution in [2.75, 3.05) is 19.7 Å². The molecule has 6 nitrogen and oxygen atoms in total. The monoisotopic (exact) mass is 465 g/mol. The average molecular weight is 466 g/mol. The molecule has 1 N–H and O–H groups in total. The van der Waals surface area contributed by atoms with E-state index in [0.717, 1.165) is 16.7 Å². The quantitative estimate of drug-likeness (QED) is 0.280. The van der Waals surface area contributed by atoms with Crippen LogP contribution in [0.2, 0.25) is 5.02 Å². The number of benzene rings is 3. The summed E-state index contributed by atoms with van der Waals surface area (Å²) in [5.41, 5.74) is 3.39. The van der Waals surface area contributed by atoms with Gasteiger partial charge in [0.05, 0.1) is 6.61 Å². The molecule has 1 heterocycles. The molecule has 1 saturated heterocycles. The number of likely N-dealkylation sites (tertiary alicyclic amines) is 1. The van der Waals surface area contributed by atoms with Gasteiger partial charge in [-0.3, -0.25) is 10.1 Å². The number of hydrogen-bond acceptors (Lipinski definition) is 5. The third kappa shape index (κ3) is 5.60. The van der Waals surface area contributed by atoms with E-state index < -0.39 is 12.0 Å². The van der Waals surface area contributed by atoms with Gasteiger partial charge < -0.3 is 9.64 Å². The zero-order valence-electron chi connectivity index (χ0n) is 17.9. The fraction of sp³-hybridized carbons (Fsp3) is 0.231. The SMILES string of the molecule is O=C(c1ccc(-c2ccc(Cl)cc2)cc1)[C@H]1CN(C(=O)OCc2ccccc2)CC1COO. The number of Topliss-reactive ketones (excluding diaryl/α,β-unsaturated/α-hetero) is 1. The number of ketones is 1. The summed E-state index contributed by atoms with van der Waals surface area (Å²) in [7, 11) is 0. The van der Waals surface area contributed by atoms with Gasteiger partial charge in [-0.1, -0.05) is 78.3 Å². The van der Waals surface area contributed by atoms with Gasteiger partial charge in [-0.05, 0) is 28.8 Å². The summed E-state index contributed by atoms with van der Waals surface area (Å²) in [6, 6.07) is 24.2. The van der Waals surface area contributed by atoms with Crippen LogP contribution in [0.4, 0.5) is 4.79 Å². The van der Waals surface area contributed by atoms with Gasteiger partial charge in [-0.15, -0.1) is 0 Å². The van der Waals surface area contributed by atoms with Crippen LogP contribution in [0.5, 0.6) is 0 Å². The van der Waals surface area contributed by atoms with Crippen molar-refractivity contribution < 1.29 is 24.5 Å². The lowest BCUT2D eigenvalue weighted by Crippen LogP contribution is -2.30. The Bertz CT molecular complexity index is 1090. The fourth-order valence-electron chi connectivity index (χ4n) is 4.08. The second kappa shape index (κ2) is 10.6. The van der Waals surface area contributed by atoms with E-state index in [1.54, 1.807) is 12.1 Å². The number of hydrogen-bond donors (Lipinski definition) is 1. The smallest absolute Gasteiger partial charge is 0.410 e. The predicted molar refractivity (Wildman–Crippen MR) is 125 cm³/mol. The van der Waals surface area contributed by atoms with Gasteiger partial charge >= 0.3 is 6.09 Å². The molecule has 1 amide bonds. The lowest BCUT2D eigenvalue weighted by Gasteiger charge is -2.16. The molecule has 0 bridgehead atoms. The molecule has 0 aliphatic carbocycles. The summed E-state index contributed by atoms with van der Waals surface area (Å²) in [6.45, 7) is 0.594. The number of carbonyl (C=O) groups is 2. The number of ether oxygens (including phenoxy) is 1. The van der Waals surface area contributed by atoms with Gasteiger partial charge in [0, 0.05) is 35.5 Å². The lowest BCUT2D eigenvalue weighted by atomic mass is 9.88. The van der Waals surface area contributed by atoms with Crippen molar-refractivity contribution in [3.05, 3.63) is 95.0 Å². The van der Waals surface area contributed by atoms with Crippen molar-refractivity contribution in [1.82, 2.24) is 4.90 Å². The van der Waals surface area contributed by atoms with Crippen molar-refractivity contribution in [2.24, 2.45) is 11.8 Å². The normalized spacial score (nSPS) is 17.7. The van der Waals surface area contributed by atoms with Crippen molar-refractivity contribution in [3.63, 3.8) is 0 Å². The molecule has 1 aliphatic rings. The van der Waals surface area contributed by atoms with E-state index in [9.17, 15) is 9.59 Å². The molecule has 1 aliphatic heterocycles. The molecule has 33 heavy (non-hydrogen) atoms. The van der Waals surface area contributed by atoms with Crippen molar-refractivity contribution >= 4 is 23.5 Å². The van der Waals surface area contributed by atoms with E-state index in [1.165, 1.54) is 4.90 Å². The maximum atomic E-state index is 13.2. The maximum absolute atomic E-state index is 13.2. The summed E-state index contributed by atoms with van der Waals surface area (Å²) in [5.74, 6) is -0.927. The first-order chi connectivity index (χ1) is 16.0. The Kier molecular flexibility index (Phi) is 7.40. The van der Waals surface area contributed by atoms with Crippen LogP contribution >= 0.6 is 11.6 Å². The summed E-state index contributed by atoms with van der Waals surface area (Å²) in [4.78, 5) is 31.7. The molecule has 0 aromatic heterocycles. The van der Waals surface area contributed by atoms with E-state index in [4.69, 9.17) is 21.6 Å². The third-order valence-corrected chi connectivity index (χ3v) is 6.13. The van der Waals surface area contributed by atoms with E-state index in [2.05, 4.69) is 4.89 Å². The van der Waals surface area contributed by atoms with Gasteiger partial charge in [-0.25, -0.2) is 9.68 Å². The van der Waals surface area contributed by atoms with Crippen LogP contribution in [0, 0.1) is 11.8 Å². The first-order valence-corrected chi connectivity index (χ1v) is 11.0. The highest BCUT2D eigenvalue weighted by Gasteiger charge is 2.40. The minimum atomic E-state index is -0.497. The van der Waals surface area contributed by atoms with Gasteiger partial charge in [0.1, 0.15) is 6.61 Å². The Hall–Kier alpha value is -3.19. The van der Waals surface area contributed by atoms with Crippen molar-refractivity contribution in [3.8, 4) is 11.1 Å². The standard InChI is InChI=1S/C26H24ClNO5/c27-23-12-10-20(11-13-23)19-6-8-21(9-7-19)25(29)24-15-28(14-22(24)17-33-31)26(30)32-16-18-4-2-1-3-5-18/h1-13,22,24,31H,14-17H2/t22?,24-/m0/s1. The summed E-state index contributed by atoms with van der Waals surface area (Å²) >= 11 is 5.95.